The zero-order valence-corrected chi connectivity index (χ0v) is 13.4. The Morgan fingerprint density at radius 3 is 2.71 bits per heavy atom. The van der Waals surface area contributed by atoms with Crippen molar-refractivity contribution < 1.29 is 9.47 Å². The van der Waals surface area contributed by atoms with E-state index in [2.05, 4.69) is 15.8 Å². The van der Waals surface area contributed by atoms with Gasteiger partial charge in [0, 0.05) is 36.7 Å². The van der Waals surface area contributed by atoms with Gasteiger partial charge >= 0.3 is 0 Å². The topological polar surface area (TPSA) is 54.9 Å². The lowest BCUT2D eigenvalue weighted by Crippen LogP contribution is -2.38. The van der Waals surface area contributed by atoms with Gasteiger partial charge in [0.1, 0.15) is 10.8 Å². The number of fused-ring (bicyclic) bond motifs is 1. The summed E-state index contributed by atoms with van der Waals surface area (Å²) >= 11 is 12.6. The van der Waals surface area contributed by atoms with Crippen LogP contribution in [0.5, 0.6) is 11.5 Å². The van der Waals surface area contributed by atoms with Crippen molar-refractivity contribution in [3.8, 4) is 11.5 Å². The van der Waals surface area contributed by atoms with Gasteiger partial charge in [0.2, 0.25) is 0 Å². The predicted molar refractivity (Wildman–Crippen MR) is 83.9 cm³/mol. The highest BCUT2D eigenvalue weighted by molar-refractivity contribution is 6.38. The highest BCUT2D eigenvalue weighted by atomic mass is 35.5. The average molecular weight is 330 g/mol. The van der Waals surface area contributed by atoms with Crippen LogP contribution in [0.15, 0.2) is 11.2 Å². The Morgan fingerprint density at radius 1 is 1.24 bits per heavy atom. The highest BCUT2D eigenvalue weighted by Gasteiger charge is 2.37. The van der Waals surface area contributed by atoms with Crippen molar-refractivity contribution in [2.45, 2.75) is 12.5 Å². The minimum atomic E-state index is 0.00339. The monoisotopic (exact) mass is 329 g/mol. The minimum absolute atomic E-state index is 0.00339. The zero-order valence-electron chi connectivity index (χ0n) is 11.9. The lowest BCUT2D eigenvalue weighted by Gasteiger charge is -2.27. The van der Waals surface area contributed by atoms with Gasteiger partial charge < -0.3 is 20.2 Å². The number of nitrogens with zero attached hydrogens (tertiary/aromatic N) is 1. The van der Waals surface area contributed by atoms with E-state index in [0.717, 1.165) is 25.1 Å². The molecule has 7 heteroatoms. The zero-order chi connectivity index (χ0) is 15.0. The first-order valence-corrected chi connectivity index (χ1v) is 7.55. The molecule has 5 nitrogen and oxygen atoms in total. The van der Waals surface area contributed by atoms with Crippen LogP contribution in [0.25, 0.3) is 0 Å². The second-order valence-corrected chi connectivity index (χ2v) is 5.88. The lowest BCUT2D eigenvalue weighted by atomic mass is 9.87. The summed E-state index contributed by atoms with van der Waals surface area (Å²) in [5.41, 5.74) is 5.28. The van der Waals surface area contributed by atoms with Crippen molar-refractivity contribution in [2.75, 3.05) is 27.3 Å². The molecule has 0 spiro atoms. The molecule has 21 heavy (non-hydrogen) atoms. The molecular formula is C14H17Cl2N3O2. The molecule has 0 saturated carbocycles. The molecule has 3 rings (SSSR count). The molecular weight excluding hydrogens is 313 g/mol. The Balaban J connectivity index is 2.03. The summed E-state index contributed by atoms with van der Waals surface area (Å²) in [6, 6.07) is 1.85. The molecule has 1 fully saturated rings. The van der Waals surface area contributed by atoms with Gasteiger partial charge in [-0.2, -0.15) is 5.10 Å². The molecule has 0 aliphatic carbocycles. The number of methoxy groups -OCH3 is 2. The molecule has 2 N–H and O–H groups in total. The third-order valence-electron chi connectivity index (χ3n) is 4.00. The lowest BCUT2D eigenvalue weighted by molar-refractivity contribution is 0.377. The van der Waals surface area contributed by atoms with Crippen LogP contribution in [0.2, 0.25) is 10.0 Å². The molecule has 2 unspecified atom stereocenters. The van der Waals surface area contributed by atoms with E-state index < -0.39 is 0 Å². The largest absolute Gasteiger partial charge is 0.495 e. The first-order valence-electron chi connectivity index (χ1n) is 6.80. The van der Waals surface area contributed by atoms with Crippen LogP contribution in [0.3, 0.4) is 0 Å². The van der Waals surface area contributed by atoms with Crippen LogP contribution >= 0.6 is 23.2 Å². The maximum Gasteiger partial charge on any atom is 0.159 e. The summed E-state index contributed by atoms with van der Waals surface area (Å²) in [5, 5.41) is 8.70. The van der Waals surface area contributed by atoms with E-state index in [4.69, 9.17) is 32.7 Å². The fourth-order valence-electron chi connectivity index (χ4n) is 2.98. The molecule has 0 bridgehead atoms. The second-order valence-electron chi connectivity index (χ2n) is 5.10. The number of hydrazone groups is 1. The fraction of sp³-hybridized carbons (Fsp3) is 0.500. The minimum Gasteiger partial charge on any atom is -0.495 e. The summed E-state index contributed by atoms with van der Waals surface area (Å²) in [6.45, 7) is 1.84. The normalized spacial score (nSPS) is 24.1. The van der Waals surface area contributed by atoms with Gasteiger partial charge in [-0.25, -0.2) is 0 Å². The number of hydrogen-bond donors (Lipinski definition) is 2. The molecule has 2 heterocycles. The van der Waals surface area contributed by atoms with E-state index in [1.54, 1.807) is 7.11 Å². The molecule has 0 radical (unpaired) electrons. The third kappa shape index (κ3) is 2.43. The van der Waals surface area contributed by atoms with E-state index in [9.17, 15) is 0 Å². The Hall–Kier alpha value is -1.17. The van der Waals surface area contributed by atoms with Crippen LogP contribution in [-0.2, 0) is 0 Å². The van der Waals surface area contributed by atoms with Gasteiger partial charge in [-0.1, -0.05) is 23.2 Å². The van der Waals surface area contributed by atoms with E-state index in [0.29, 0.717) is 21.5 Å². The number of hydrogen-bond acceptors (Lipinski definition) is 5. The standard InChI is InChI=1S/C14H17Cl2N3O2/c1-20-13-7(5-9(15)14(21-2)11(13)16)12-8-6-17-4-3-10(8)18-19-12/h5,8,12,17,19H,3-4,6H2,1-2H3. The Kier molecular flexibility index (Phi) is 4.15. The van der Waals surface area contributed by atoms with E-state index in [-0.39, 0.29) is 12.0 Å². The molecule has 0 amide bonds. The molecule has 1 aromatic rings. The molecule has 0 aromatic heterocycles. The van der Waals surface area contributed by atoms with Gasteiger partial charge in [0.05, 0.1) is 25.3 Å². The number of ether oxygens (including phenoxy) is 2. The Labute approximate surface area is 133 Å². The van der Waals surface area contributed by atoms with Crippen molar-refractivity contribution in [2.24, 2.45) is 11.0 Å². The van der Waals surface area contributed by atoms with E-state index in [1.807, 2.05) is 6.07 Å². The maximum absolute atomic E-state index is 6.36. The number of piperidine rings is 1. The number of nitrogens with one attached hydrogen (secondary N) is 2. The van der Waals surface area contributed by atoms with Crippen LogP contribution in [-0.4, -0.2) is 33.0 Å². The van der Waals surface area contributed by atoms with Gasteiger partial charge in [-0.15, -0.1) is 0 Å². The molecule has 2 atom stereocenters. The van der Waals surface area contributed by atoms with Crippen LogP contribution < -0.4 is 20.2 Å². The highest BCUT2D eigenvalue weighted by Crippen LogP contribution is 2.46. The number of rotatable bonds is 3. The Morgan fingerprint density at radius 2 is 2.00 bits per heavy atom. The summed E-state index contributed by atoms with van der Waals surface area (Å²) in [7, 11) is 3.13. The SMILES string of the molecule is COc1c(Cl)cc(C2NN=C3CCNCC32)c(OC)c1Cl. The van der Waals surface area contributed by atoms with Crippen LogP contribution in [0.4, 0.5) is 0 Å². The maximum atomic E-state index is 6.36. The second kappa shape index (κ2) is 5.91. The summed E-state index contributed by atoms with van der Waals surface area (Å²) in [5.74, 6) is 1.30. The van der Waals surface area contributed by atoms with E-state index >= 15 is 0 Å². The van der Waals surface area contributed by atoms with Crippen molar-refractivity contribution in [1.82, 2.24) is 10.7 Å². The summed E-state index contributed by atoms with van der Waals surface area (Å²) < 4.78 is 10.7. The van der Waals surface area contributed by atoms with Crippen LogP contribution in [0, 0.1) is 5.92 Å². The number of halogens is 2. The predicted octanol–water partition coefficient (Wildman–Crippen LogP) is 2.62. The molecule has 2 aliphatic rings. The van der Waals surface area contributed by atoms with Gasteiger partial charge in [-0.05, 0) is 6.07 Å². The van der Waals surface area contributed by atoms with Crippen molar-refractivity contribution in [3.05, 3.63) is 21.7 Å². The van der Waals surface area contributed by atoms with Crippen molar-refractivity contribution in [3.63, 3.8) is 0 Å². The first-order chi connectivity index (χ1) is 10.2. The molecule has 1 saturated heterocycles. The molecule has 114 valence electrons. The smallest absolute Gasteiger partial charge is 0.159 e. The Bertz CT molecular complexity index is 592. The van der Waals surface area contributed by atoms with Gasteiger partial charge in [0.25, 0.3) is 0 Å². The van der Waals surface area contributed by atoms with E-state index in [1.165, 1.54) is 12.8 Å². The average Bonchev–Trinajstić information content (AvgIpc) is 2.91. The third-order valence-corrected chi connectivity index (χ3v) is 4.63. The quantitative estimate of drug-likeness (QED) is 0.895. The fourth-order valence-corrected chi connectivity index (χ4v) is 3.69. The van der Waals surface area contributed by atoms with Gasteiger partial charge in [0.15, 0.2) is 5.75 Å². The summed E-state index contributed by atoms with van der Waals surface area (Å²) in [4.78, 5) is 0. The molecule has 2 aliphatic heterocycles. The van der Waals surface area contributed by atoms with Crippen molar-refractivity contribution in [1.29, 1.82) is 0 Å². The number of benzene rings is 1. The van der Waals surface area contributed by atoms with Crippen LogP contribution in [0.1, 0.15) is 18.0 Å². The van der Waals surface area contributed by atoms with Gasteiger partial charge in [-0.3, -0.25) is 0 Å². The molecule has 1 aromatic carbocycles. The summed E-state index contributed by atoms with van der Waals surface area (Å²) in [6.07, 6.45) is 0.952. The first kappa shape index (κ1) is 14.8. The van der Waals surface area contributed by atoms with Crippen molar-refractivity contribution >= 4 is 28.9 Å².